The summed E-state index contributed by atoms with van der Waals surface area (Å²) in [6, 6.07) is 4.65. The second-order valence-electron chi connectivity index (χ2n) is 3.53. The Balaban J connectivity index is 2.53. The molecule has 1 atom stereocenters. The Hall–Kier alpha value is -0.640. The third kappa shape index (κ3) is 4.16. The Labute approximate surface area is 94.1 Å². The van der Waals surface area contributed by atoms with Crippen molar-refractivity contribution < 1.29 is 9.50 Å². The van der Waals surface area contributed by atoms with Crippen LogP contribution in [0.4, 0.5) is 4.39 Å². The van der Waals surface area contributed by atoms with E-state index in [0.29, 0.717) is 23.6 Å². The summed E-state index contributed by atoms with van der Waals surface area (Å²) in [5.74, 6) is -0.261. The first-order valence-corrected chi connectivity index (χ1v) is 5.29. The fourth-order valence-corrected chi connectivity index (χ4v) is 1.45. The molecule has 0 saturated heterocycles. The van der Waals surface area contributed by atoms with Gasteiger partial charge in [-0.3, -0.25) is 0 Å². The van der Waals surface area contributed by atoms with Crippen molar-refractivity contribution in [3.63, 3.8) is 0 Å². The number of halogens is 2. The van der Waals surface area contributed by atoms with Gasteiger partial charge in [0, 0.05) is 29.8 Å². The fraction of sp³-hybridized carbons (Fsp3) is 0.455. The molecule has 15 heavy (non-hydrogen) atoms. The minimum Gasteiger partial charge on any atom is -0.396 e. The number of benzene rings is 1. The van der Waals surface area contributed by atoms with Crippen LogP contribution in [0.3, 0.4) is 0 Å². The van der Waals surface area contributed by atoms with Gasteiger partial charge in [-0.25, -0.2) is 4.39 Å². The van der Waals surface area contributed by atoms with Gasteiger partial charge < -0.3 is 10.4 Å². The first-order valence-electron chi connectivity index (χ1n) is 4.91. The fourth-order valence-electron chi connectivity index (χ4n) is 1.26. The van der Waals surface area contributed by atoms with Crippen LogP contribution in [-0.4, -0.2) is 17.8 Å². The number of hydrogen-bond acceptors (Lipinski definition) is 2. The molecule has 2 nitrogen and oxygen atoms in total. The van der Waals surface area contributed by atoms with E-state index in [1.807, 2.05) is 6.92 Å². The van der Waals surface area contributed by atoms with E-state index in [1.165, 1.54) is 12.1 Å². The largest absolute Gasteiger partial charge is 0.396 e. The Morgan fingerprint density at radius 1 is 1.53 bits per heavy atom. The van der Waals surface area contributed by atoms with Crippen LogP contribution >= 0.6 is 11.6 Å². The summed E-state index contributed by atoms with van der Waals surface area (Å²) in [5, 5.41) is 12.3. The third-order valence-electron chi connectivity index (χ3n) is 2.21. The number of nitrogens with one attached hydrogen (secondary N) is 1. The standard InChI is InChI=1S/C11H15ClFNO/c1-8(4-5-15)14-7-9-6-10(12)2-3-11(9)13/h2-3,6,8,14-15H,4-5,7H2,1H3/t8-/m1/s1. The van der Waals surface area contributed by atoms with Crippen LogP contribution in [0.25, 0.3) is 0 Å². The highest BCUT2D eigenvalue weighted by atomic mass is 35.5. The van der Waals surface area contributed by atoms with Crippen molar-refractivity contribution in [3.8, 4) is 0 Å². The van der Waals surface area contributed by atoms with Gasteiger partial charge in [-0.1, -0.05) is 11.6 Å². The molecular formula is C11H15ClFNO. The summed E-state index contributed by atoms with van der Waals surface area (Å²) >= 11 is 5.76. The molecule has 4 heteroatoms. The molecular weight excluding hydrogens is 217 g/mol. The summed E-state index contributed by atoms with van der Waals surface area (Å²) in [4.78, 5) is 0. The quantitative estimate of drug-likeness (QED) is 0.815. The Morgan fingerprint density at radius 2 is 2.27 bits per heavy atom. The van der Waals surface area contributed by atoms with Gasteiger partial charge in [-0.2, -0.15) is 0 Å². The second kappa shape index (κ2) is 6.05. The van der Waals surface area contributed by atoms with Gasteiger partial charge in [-0.05, 0) is 31.5 Å². The molecule has 0 radical (unpaired) electrons. The van der Waals surface area contributed by atoms with Crippen LogP contribution in [0.2, 0.25) is 5.02 Å². The van der Waals surface area contributed by atoms with Crippen LogP contribution in [0.15, 0.2) is 18.2 Å². The van der Waals surface area contributed by atoms with E-state index in [1.54, 1.807) is 6.07 Å². The lowest BCUT2D eigenvalue weighted by atomic mass is 10.2. The maximum Gasteiger partial charge on any atom is 0.127 e. The zero-order valence-electron chi connectivity index (χ0n) is 8.63. The zero-order chi connectivity index (χ0) is 11.3. The van der Waals surface area contributed by atoms with Gasteiger partial charge in [0.05, 0.1) is 0 Å². The van der Waals surface area contributed by atoms with Gasteiger partial charge in [0.1, 0.15) is 5.82 Å². The van der Waals surface area contributed by atoms with E-state index in [0.717, 1.165) is 0 Å². The molecule has 1 rings (SSSR count). The number of aliphatic hydroxyl groups is 1. The maximum atomic E-state index is 13.3. The predicted octanol–water partition coefficient (Wildman–Crippen LogP) is 2.34. The molecule has 1 aromatic rings. The maximum absolute atomic E-state index is 13.3. The smallest absolute Gasteiger partial charge is 0.127 e. The van der Waals surface area contributed by atoms with Crippen molar-refractivity contribution in [2.45, 2.75) is 25.9 Å². The van der Waals surface area contributed by atoms with Gasteiger partial charge in [0.15, 0.2) is 0 Å². The van der Waals surface area contributed by atoms with E-state index in [2.05, 4.69) is 5.32 Å². The van der Waals surface area contributed by atoms with Gasteiger partial charge >= 0.3 is 0 Å². The van der Waals surface area contributed by atoms with Gasteiger partial charge in [0.25, 0.3) is 0 Å². The van der Waals surface area contributed by atoms with Gasteiger partial charge in [-0.15, -0.1) is 0 Å². The van der Waals surface area contributed by atoms with Crippen molar-refractivity contribution >= 4 is 11.6 Å². The Kier molecular flexibility index (Phi) is 5.02. The van der Waals surface area contributed by atoms with Gasteiger partial charge in [0.2, 0.25) is 0 Å². The average molecular weight is 232 g/mol. The molecule has 0 aliphatic heterocycles. The zero-order valence-corrected chi connectivity index (χ0v) is 9.39. The minimum absolute atomic E-state index is 0.131. The predicted molar refractivity (Wildman–Crippen MR) is 59.4 cm³/mol. The molecule has 0 aliphatic carbocycles. The molecule has 0 spiro atoms. The SMILES string of the molecule is C[C@H](CCO)NCc1cc(Cl)ccc1F. The summed E-state index contributed by atoms with van der Waals surface area (Å²) < 4.78 is 13.3. The highest BCUT2D eigenvalue weighted by molar-refractivity contribution is 6.30. The summed E-state index contributed by atoms with van der Waals surface area (Å²) in [6.07, 6.45) is 0.655. The molecule has 0 heterocycles. The molecule has 0 aliphatic rings. The number of rotatable bonds is 5. The van der Waals surface area contributed by atoms with Crippen molar-refractivity contribution in [2.24, 2.45) is 0 Å². The highest BCUT2D eigenvalue weighted by Crippen LogP contribution is 2.14. The molecule has 0 amide bonds. The van der Waals surface area contributed by atoms with E-state index in [4.69, 9.17) is 16.7 Å². The molecule has 2 N–H and O–H groups in total. The average Bonchev–Trinajstić information content (AvgIpc) is 2.20. The molecule has 0 saturated carbocycles. The van der Waals surface area contributed by atoms with Crippen molar-refractivity contribution in [1.29, 1.82) is 0 Å². The van der Waals surface area contributed by atoms with Crippen molar-refractivity contribution in [3.05, 3.63) is 34.6 Å². The van der Waals surface area contributed by atoms with Crippen molar-refractivity contribution in [2.75, 3.05) is 6.61 Å². The molecule has 0 unspecified atom stereocenters. The van der Waals surface area contributed by atoms with E-state index < -0.39 is 0 Å². The minimum atomic E-state index is -0.261. The number of aliphatic hydroxyl groups excluding tert-OH is 1. The lowest BCUT2D eigenvalue weighted by Gasteiger charge is -2.12. The molecule has 0 aromatic heterocycles. The summed E-state index contributed by atoms with van der Waals surface area (Å²) in [6.45, 7) is 2.50. The first kappa shape index (κ1) is 12.4. The normalized spacial score (nSPS) is 12.8. The van der Waals surface area contributed by atoms with Crippen molar-refractivity contribution in [1.82, 2.24) is 5.32 Å². The molecule has 0 bridgehead atoms. The molecule has 1 aromatic carbocycles. The Bertz CT molecular complexity index is 319. The highest BCUT2D eigenvalue weighted by Gasteiger charge is 2.05. The summed E-state index contributed by atoms with van der Waals surface area (Å²) in [5.41, 5.74) is 0.548. The van der Waals surface area contributed by atoms with Crippen LogP contribution in [0.5, 0.6) is 0 Å². The van der Waals surface area contributed by atoms with Crippen LogP contribution in [0.1, 0.15) is 18.9 Å². The monoisotopic (exact) mass is 231 g/mol. The van der Waals surface area contributed by atoms with E-state index in [9.17, 15) is 4.39 Å². The third-order valence-corrected chi connectivity index (χ3v) is 2.45. The van der Waals surface area contributed by atoms with Crippen LogP contribution in [-0.2, 0) is 6.54 Å². The lowest BCUT2D eigenvalue weighted by molar-refractivity contribution is 0.268. The topological polar surface area (TPSA) is 32.3 Å². The number of hydrogen-bond donors (Lipinski definition) is 2. The second-order valence-corrected chi connectivity index (χ2v) is 3.97. The van der Waals surface area contributed by atoms with Crippen LogP contribution in [0, 0.1) is 5.82 Å². The lowest BCUT2D eigenvalue weighted by Crippen LogP contribution is -2.26. The summed E-state index contributed by atoms with van der Waals surface area (Å²) in [7, 11) is 0. The molecule has 0 fully saturated rings. The van der Waals surface area contributed by atoms with Crippen LogP contribution < -0.4 is 5.32 Å². The Morgan fingerprint density at radius 3 is 2.93 bits per heavy atom. The van der Waals surface area contributed by atoms with E-state index >= 15 is 0 Å². The molecule has 84 valence electrons. The van der Waals surface area contributed by atoms with E-state index in [-0.39, 0.29) is 18.5 Å². The first-order chi connectivity index (χ1) is 7.13.